The number of carbonyl (C=O) groups excluding carboxylic acids is 3. The lowest BCUT2D eigenvalue weighted by molar-refractivity contribution is -0.131. The van der Waals surface area contributed by atoms with Crippen LogP contribution >= 0.6 is 0 Å². The fraction of sp³-hybridized carbons (Fsp3) is 0.500. The first-order chi connectivity index (χ1) is 20.8. The number of H-pyrrole nitrogens is 1. The number of nitriles is 1. The van der Waals surface area contributed by atoms with Crippen LogP contribution in [0.25, 0.3) is 0 Å². The summed E-state index contributed by atoms with van der Waals surface area (Å²) >= 11 is 0. The van der Waals surface area contributed by atoms with Crippen LogP contribution in [-0.2, 0) is 21.4 Å². The van der Waals surface area contributed by atoms with Crippen LogP contribution in [0.2, 0.25) is 0 Å². The highest BCUT2D eigenvalue weighted by atomic mass is 16.2. The number of aryl methyl sites for hydroxylation is 1. The second kappa shape index (κ2) is 11.4. The van der Waals surface area contributed by atoms with E-state index in [1.165, 1.54) is 0 Å². The van der Waals surface area contributed by atoms with E-state index >= 15 is 0 Å². The van der Waals surface area contributed by atoms with Crippen LogP contribution < -0.4 is 16.0 Å². The summed E-state index contributed by atoms with van der Waals surface area (Å²) in [6, 6.07) is 7.88. The molecule has 3 amide bonds. The minimum absolute atomic E-state index is 0.0138. The molecule has 11 heteroatoms. The summed E-state index contributed by atoms with van der Waals surface area (Å²) in [5, 5.41) is 27.3. The van der Waals surface area contributed by atoms with Gasteiger partial charge in [0.05, 0.1) is 18.0 Å². The van der Waals surface area contributed by atoms with Crippen molar-refractivity contribution in [3.05, 3.63) is 70.8 Å². The molecule has 11 nitrogen and oxygen atoms in total. The summed E-state index contributed by atoms with van der Waals surface area (Å²) in [7, 11) is 3.25. The molecule has 4 N–H and O–H groups in total. The van der Waals surface area contributed by atoms with E-state index in [0.717, 1.165) is 36.8 Å². The number of allylic oxidation sites excluding steroid dienone is 2. The van der Waals surface area contributed by atoms with Gasteiger partial charge in [-0.2, -0.15) is 5.26 Å². The predicted octanol–water partition coefficient (Wildman–Crippen LogP) is 1.75. The summed E-state index contributed by atoms with van der Waals surface area (Å²) in [5.41, 5.74) is 2.61. The second-order valence-corrected chi connectivity index (χ2v) is 12.3. The minimum atomic E-state index is -0.699. The number of aromatic nitrogens is 3. The standard InChI is InChI=1S/C32H38N8O3/c1-18(36-16-28(41)40-24(15-33)12-23-13-27(23)40)14-32(31-37-17-38-39-31)25-8-6-21(29(42)34-2)10-19(25)4-5-20-11-22(30(43)35-3)7-9-26(20)32/h6-11,17-19,23-25,27,36H,4-5,12-14,16H2,1-3H3,(H,34,42)(H,35,43)(H,37,38,39)/t18-,19?,23+,24?,25?,27-,32?/m0/s1. The van der Waals surface area contributed by atoms with Gasteiger partial charge in [-0.05, 0) is 74.1 Å². The zero-order valence-electron chi connectivity index (χ0n) is 24.8. The number of nitrogens with zero attached hydrogens (tertiary/aromatic N) is 4. The van der Waals surface area contributed by atoms with Crippen molar-refractivity contribution in [1.82, 2.24) is 36.0 Å². The molecular weight excluding hydrogens is 544 g/mol. The summed E-state index contributed by atoms with van der Waals surface area (Å²) in [4.78, 5) is 43.6. The number of likely N-dealkylation sites (tertiary alicyclic amines) is 1. The number of amides is 3. The van der Waals surface area contributed by atoms with Gasteiger partial charge in [-0.25, -0.2) is 0 Å². The Morgan fingerprint density at radius 2 is 2.02 bits per heavy atom. The molecule has 0 spiro atoms. The van der Waals surface area contributed by atoms with Crippen LogP contribution in [-0.4, -0.2) is 76.6 Å². The maximum Gasteiger partial charge on any atom is 0.251 e. The van der Waals surface area contributed by atoms with Gasteiger partial charge in [0.2, 0.25) is 5.91 Å². The average molecular weight is 583 g/mol. The van der Waals surface area contributed by atoms with Gasteiger partial charge in [0.15, 0.2) is 0 Å². The van der Waals surface area contributed by atoms with Crippen LogP contribution in [0.4, 0.5) is 0 Å². The topological polar surface area (TPSA) is 156 Å². The number of hydrogen-bond acceptors (Lipinski definition) is 7. The SMILES string of the molecule is CNC(=O)C1=CC2CCc3cc(C(=O)NC)ccc3C(C[C@H](C)NCC(=O)N3C(C#N)C[C@@H]4C[C@@H]43)(c3nnc[nH]3)C2C=C1. The Hall–Kier alpha value is -4.30. The van der Waals surface area contributed by atoms with Crippen molar-refractivity contribution in [2.75, 3.05) is 20.6 Å². The van der Waals surface area contributed by atoms with Crippen molar-refractivity contribution in [1.29, 1.82) is 5.26 Å². The Labute approximate surface area is 251 Å². The average Bonchev–Trinajstić information content (AvgIpc) is 3.41. The van der Waals surface area contributed by atoms with Crippen LogP contribution in [0.3, 0.4) is 0 Å². The first kappa shape index (κ1) is 28.8. The molecule has 2 heterocycles. The van der Waals surface area contributed by atoms with Gasteiger partial charge >= 0.3 is 0 Å². The highest BCUT2D eigenvalue weighted by Crippen LogP contribution is 2.52. The number of likely N-dealkylation sites (N-methyl/N-ethyl adjacent to an activating group) is 1. The Morgan fingerprint density at radius 1 is 1.21 bits per heavy atom. The molecule has 224 valence electrons. The number of hydrogen-bond donors (Lipinski definition) is 4. The first-order valence-electron chi connectivity index (χ1n) is 15.1. The van der Waals surface area contributed by atoms with Crippen molar-refractivity contribution in [3.63, 3.8) is 0 Å². The Kier molecular flexibility index (Phi) is 7.65. The van der Waals surface area contributed by atoms with Gasteiger partial charge in [-0.1, -0.05) is 24.3 Å². The van der Waals surface area contributed by atoms with Crippen LogP contribution in [0, 0.1) is 29.1 Å². The van der Waals surface area contributed by atoms with Crippen molar-refractivity contribution >= 4 is 17.7 Å². The summed E-state index contributed by atoms with van der Waals surface area (Å²) in [6.45, 7) is 2.20. The van der Waals surface area contributed by atoms with Gasteiger partial charge < -0.3 is 25.8 Å². The number of rotatable bonds is 8. The number of nitrogens with one attached hydrogen (secondary N) is 4. The monoisotopic (exact) mass is 582 g/mol. The van der Waals surface area contributed by atoms with Crippen molar-refractivity contribution < 1.29 is 14.4 Å². The lowest BCUT2D eigenvalue weighted by Gasteiger charge is -2.43. The Balaban J connectivity index is 1.37. The molecule has 1 aromatic carbocycles. The molecule has 6 rings (SSSR count). The van der Waals surface area contributed by atoms with Gasteiger partial charge in [0, 0.05) is 43.2 Å². The number of aromatic amines is 1. The van der Waals surface area contributed by atoms with Crippen LogP contribution in [0.15, 0.2) is 48.3 Å². The zero-order valence-corrected chi connectivity index (χ0v) is 24.8. The molecule has 43 heavy (non-hydrogen) atoms. The molecule has 4 aliphatic rings. The van der Waals surface area contributed by atoms with Gasteiger partial charge in [0.1, 0.15) is 18.2 Å². The molecule has 7 atom stereocenters. The number of piperidine rings is 1. The molecule has 1 saturated carbocycles. The third kappa shape index (κ3) is 5.03. The number of fused-ring (bicyclic) bond motifs is 3. The molecular formula is C32H38N8O3. The Morgan fingerprint density at radius 3 is 2.74 bits per heavy atom. The molecule has 1 aliphatic heterocycles. The highest BCUT2D eigenvalue weighted by Gasteiger charge is 2.54. The summed E-state index contributed by atoms with van der Waals surface area (Å²) in [6.07, 6.45) is 11.5. The van der Waals surface area contributed by atoms with Gasteiger partial charge in [-0.3, -0.25) is 14.4 Å². The quantitative estimate of drug-likeness (QED) is 0.370. The van der Waals surface area contributed by atoms with E-state index in [-0.39, 0.29) is 54.2 Å². The van der Waals surface area contributed by atoms with Crippen molar-refractivity contribution in [2.45, 2.75) is 62.6 Å². The van der Waals surface area contributed by atoms with E-state index in [9.17, 15) is 19.6 Å². The highest BCUT2D eigenvalue weighted by molar-refractivity contribution is 5.96. The molecule has 0 bridgehead atoms. The van der Waals surface area contributed by atoms with E-state index < -0.39 is 5.41 Å². The normalized spacial score (nSPS) is 29.2. The number of carbonyl (C=O) groups is 3. The van der Waals surface area contributed by atoms with Crippen molar-refractivity contribution in [2.24, 2.45) is 17.8 Å². The third-order valence-corrected chi connectivity index (χ3v) is 9.83. The van der Waals surface area contributed by atoms with Gasteiger partial charge in [0.25, 0.3) is 11.8 Å². The molecule has 3 aliphatic carbocycles. The predicted molar refractivity (Wildman–Crippen MR) is 158 cm³/mol. The third-order valence-electron chi connectivity index (χ3n) is 9.83. The second-order valence-electron chi connectivity index (χ2n) is 12.3. The smallest absolute Gasteiger partial charge is 0.251 e. The molecule has 2 fully saturated rings. The minimum Gasteiger partial charge on any atom is -0.355 e. The van der Waals surface area contributed by atoms with Crippen LogP contribution in [0.5, 0.6) is 0 Å². The van der Waals surface area contributed by atoms with Crippen molar-refractivity contribution in [3.8, 4) is 6.07 Å². The zero-order chi connectivity index (χ0) is 30.3. The Bertz CT molecular complexity index is 1530. The molecule has 1 saturated heterocycles. The van der Waals surface area contributed by atoms with Gasteiger partial charge in [-0.15, -0.1) is 10.2 Å². The van der Waals surface area contributed by atoms with E-state index in [4.69, 9.17) is 0 Å². The fourth-order valence-electron chi connectivity index (χ4n) is 7.74. The number of benzene rings is 1. The van der Waals surface area contributed by atoms with E-state index in [0.29, 0.717) is 29.3 Å². The largest absolute Gasteiger partial charge is 0.355 e. The lowest BCUT2D eigenvalue weighted by atomic mass is 9.61. The van der Waals surface area contributed by atoms with E-state index in [1.807, 2.05) is 24.3 Å². The summed E-state index contributed by atoms with van der Waals surface area (Å²) in [5.74, 6) is 0.778. The molecule has 4 unspecified atom stereocenters. The van der Waals surface area contributed by atoms with E-state index in [1.54, 1.807) is 25.3 Å². The van der Waals surface area contributed by atoms with E-state index in [2.05, 4.69) is 56.3 Å². The fourth-order valence-corrected chi connectivity index (χ4v) is 7.74. The van der Waals surface area contributed by atoms with Crippen LogP contribution in [0.1, 0.15) is 59.9 Å². The molecule has 1 aromatic heterocycles. The molecule has 0 radical (unpaired) electrons. The molecule has 2 aromatic rings. The summed E-state index contributed by atoms with van der Waals surface area (Å²) < 4.78 is 0. The first-order valence-corrected chi connectivity index (χ1v) is 15.1. The lowest BCUT2D eigenvalue weighted by Crippen LogP contribution is -2.48. The maximum absolute atomic E-state index is 13.3. The maximum atomic E-state index is 13.3.